The number of halogens is 4. The van der Waals surface area contributed by atoms with Gasteiger partial charge in [0.05, 0.1) is 11.4 Å². The first kappa shape index (κ1) is 12.8. The van der Waals surface area contributed by atoms with Crippen molar-refractivity contribution in [2.45, 2.75) is 19.6 Å². The maximum Gasteiger partial charge on any atom is 0.451 e. The van der Waals surface area contributed by atoms with Crippen LogP contribution in [0.5, 0.6) is 0 Å². The van der Waals surface area contributed by atoms with Crippen molar-refractivity contribution in [3.05, 3.63) is 29.3 Å². The maximum atomic E-state index is 12.6. The second-order valence-corrected chi connectivity index (χ2v) is 3.82. The molecule has 4 nitrogen and oxygen atoms in total. The number of aromatic nitrogens is 4. The molecule has 0 unspecified atom stereocenters. The van der Waals surface area contributed by atoms with Crippen LogP contribution in [0.15, 0.2) is 18.3 Å². The summed E-state index contributed by atoms with van der Waals surface area (Å²) >= 11 is 5.59. The Bertz CT molecular complexity index is 564. The molecule has 0 aliphatic carbocycles. The van der Waals surface area contributed by atoms with Crippen molar-refractivity contribution in [1.29, 1.82) is 0 Å². The van der Waals surface area contributed by atoms with Gasteiger partial charge in [0.15, 0.2) is 0 Å². The van der Waals surface area contributed by atoms with Crippen LogP contribution in [0.4, 0.5) is 13.2 Å². The van der Waals surface area contributed by atoms with E-state index in [2.05, 4.69) is 15.1 Å². The normalized spacial score (nSPS) is 11.8. The lowest BCUT2D eigenvalue weighted by Crippen LogP contribution is -2.12. The van der Waals surface area contributed by atoms with Crippen LogP contribution in [0.1, 0.15) is 12.7 Å². The number of hydrogen-bond donors (Lipinski definition) is 0. The van der Waals surface area contributed by atoms with E-state index in [-0.39, 0.29) is 10.8 Å². The van der Waals surface area contributed by atoms with Gasteiger partial charge in [0.1, 0.15) is 5.15 Å². The summed E-state index contributed by atoms with van der Waals surface area (Å²) in [6, 6.07) is 2.85. The first-order chi connectivity index (χ1) is 8.41. The van der Waals surface area contributed by atoms with Crippen LogP contribution in [0, 0.1) is 0 Å². The molecule has 0 saturated heterocycles. The summed E-state index contributed by atoms with van der Waals surface area (Å²) in [5.74, 6) is -1.26. The number of nitrogens with zero attached hydrogens (tertiary/aromatic N) is 4. The van der Waals surface area contributed by atoms with E-state index in [1.54, 1.807) is 6.07 Å². The van der Waals surface area contributed by atoms with Gasteiger partial charge < -0.3 is 0 Å². The highest BCUT2D eigenvalue weighted by Crippen LogP contribution is 2.29. The van der Waals surface area contributed by atoms with E-state index in [9.17, 15) is 13.2 Å². The summed E-state index contributed by atoms with van der Waals surface area (Å²) in [7, 11) is 0. The molecule has 8 heteroatoms. The summed E-state index contributed by atoms with van der Waals surface area (Å²) in [4.78, 5) is 6.64. The zero-order chi connectivity index (χ0) is 13.3. The molecule has 0 fully saturated rings. The van der Waals surface area contributed by atoms with Crippen LogP contribution in [0.3, 0.4) is 0 Å². The maximum absolute atomic E-state index is 12.6. The lowest BCUT2D eigenvalue weighted by atomic mass is 10.3. The fourth-order valence-electron chi connectivity index (χ4n) is 1.48. The van der Waals surface area contributed by atoms with Crippen LogP contribution in [0.2, 0.25) is 5.15 Å². The van der Waals surface area contributed by atoms with Crippen molar-refractivity contribution >= 4 is 11.6 Å². The van der Waals surface area contributed by atoms with Crippen LogP contribution < -0.4 is 0 Å². The molecule has 0 aromatic carbocycles. The number of aryl methyl sites for hydroxylation is 1. The fraction of sp³-hybridized carbons (Fsp3) is 0.300. The average molecular weight is 277 g/mol. The van der Waals surface area contributed by atoms with Gasteiger partial charge in [-0.3, -0.25) is 4.68 Å². The van der Waals surface area contributed by atoms with E-state index < -0.39 is 12.0 Å². The fourth-order valence-corrected chi connectivity index (χ4v) is 1.66. The smallest absolute Gasteiger partial charge is 0.264 e. The molecule has 0 aliphatic rings. The standard InChI is InChI=1S/C10H8ClF3N4/c1-2-18-7(3-4-15-18)6-5-8(11)17-9(16-6)10(12,13)14/h3-5H,2H2,1H3. The quantitative estimate of drug-likeness (QED) is 0.792. The third-order valence-electron chi connectivity index (χ3n) is 2.23. The Kier molecular flexibility index (Phi) is 3.25. The van der Waals surface area contributed by atoms with E-state index in [4.69, 9.17) is 11.6 Å². The first-order valence-corrected chi connectivity index (χ1v) is 5.43. The molecule has 2 rings (SSSR count). The topological polar surface area (TPSA) is 43.6 Å². The Morgan fingerprint density at radius 2 is 2.06 bits per heavy atom. The summed E-state index contributed by atoms with van der Waals surface area (Å²) in [6.07, 6.45) is -3.14. The SMILES string of the molecule is CCn1nccc1-c1cc(Cl)nc(C(F)(F)F)n1. The number of hydrogen-bond acceptors (Lipinski definition) is 3. The predicted molar refractivity (Wildman–Crippen MR) is 58.9 cm³/mol. The van der Waals surface area contributed by atoms with Crippen molar-refractivity contribution in [1.82, 2.24) is 19.7 Å². The van der Waals surface area contributed by atoms with E-state index in [1.165, 1.54) is 16.9 Å². The second kappa shape index (κ2) is 4.56. The second-order valence-electron chi connectivity index (χ2n) is 3.43. The molecule has 0 N–H and O–H groups in total. The molecule has 0 radical (unpaired) electrons. The molecule has 0 saturated carbocycles. The Balaban J connectivity index is 2.56. The van der Waals surface area contributed by atoms with Crippen LogP contribution in [-0.4, -0.2) is 19.7 Å². The van der Waals surface area contributed by atoms with E-state index in [0.29, 0.717) is 12.2 Å². The lowest BCUT2D eigenvalue weighted by molar-refractivity contribution is -0.144. The van der Waals surface area contributed by atoms with Crippen molar-refractivity contribution in [3.8, 4) is 11.4 Å². The molecule has 0 spiro atoms. The van der Waals surface area contributed by atoms with E-state index in [0.717, 1.165) is 0 Å². The van der Waals surface area contributed by atoms with E-state index >= 15 is 0 Å². The zero-order valence-corrected chi connectivity index (χ0v) is 10.00. The first-order valence-electron chi connectivity index (χ1n) is 5.05. The average Bonchev–Trinajstić information content (AvgIpc) is 2.74. The highest BCUT2D eigenvalue weighted by atomic mass is 35.5. The zero-order valence-electron chi connectivity index (χ0n) is 9.24. The molecule has 2 aromatic heterocycles. The molecule has 2 heterocycles. The largest absolute Gasteiger partial charge is 0.451 e. The monoisotopic (exact) mass is 276 g/mol. The third kappa shape index (κ3) is 2.45. The van der Waals surface area contributed by atoms with Crippen molar-refractivity contribution in [2.75, 3.05) is 0 Å². The van der Waals surface area contributed by atoms with Crippen molar-refractivity contribution < 1.29 is 13.2 Å². The molecule has 0 bridgehead atoms. The molecule has 2 aromatic rings. The third-order valence-corrected chi connectivity index (χ3v) is 2.42. The molecule has 0 amide bonds. The molecule has 18 heavy (non-hydrogen) atoms. The molecule has 0 atom stereocenters. The van der Waals surface area contributed by atoms with Gasteiger partial charge in [0.2, 0.25) is 5.82 Å². The minimum atomic E-state index is -4.63. The number of alkyl halides is 3. The van der Waals surface area contributed by atoms with Gasteiger partial charge in [-0.2, -0.15) is 18.3 Å². The Morgan fingerprint density at radius 1 is 1.33 bits per heavy atom. The minimum absolute atomic E-state index is 0.0988. The van der Waals surface area contributed by atoms with Crippen LogP contribution in [-0.2, 0) is 12.7 Å². The summed E-state index contributed by atoms with van der Waals surface area (Å²) < 4.78 is 39.2. The Labute approximate surface area is 105 Å². The van der Waals surface area contributed by atoms with Crippen LogP contribution in [0.25, 0.3) is 11.4 Å². The van der Waals surface area contributed by atoms with Gasteiger partial charge in [-0.15, -0.1) is 0 Å². The van der Waals surface area contributed by atoms with Gasteiger partial charge in [0, 0.05) is 18.8 Å². The molecule has 96 valence electrons. The Hall–Kier alpha value is -1.63. The van der Waals surface area contributed by atoms with Gasteiger partial charge in [-0.05, 0) is 13.0 Å². The molecular weight excluding hydrogens is 269 g/mol. The van der Waals surface area contributed by atoms with Gasteiger partial charge >= 0.3 is 6.18 Å². The highest BCUT2D eigenvalue weighted by molar-refractivity contribution is 6.29. The number of rotatable bonds is 2. The predicted octanol–water partition coefficient (Wildman–Crippen LogP) is 3.03. The molecular formula is C10H8ClF3N4. The molecule has 0 aliphatic heterocycles. The Morgan fingerprint density at radius 3 is 2.67 bits per heavy atom. The van der Waals surface area contributed by atoms with Crippen LogP contribution >= 0.6 is 11.6 Å². The summed E-state index contributed by atoms with van der Waals surface area (Å²) in [6.45, 7) is 2.34. The minimum Gasteiger partial charge on any atom is -0.264 e. The summed E-state index contributed by atoms with van der Waals surface area (Å²) in [5, 5.41) is 3.71. The lowest BCUT2D eigenvalue weighted by Gasteiger charge is -2.08. The van der Waals surface area contributed by atoms with Crippen molar-refractivity contribution in [2.24, 2.45) is 0 Å². The van der Waals surface area contributed by atoms with Gasteiger partial charge in [-0.1, -0.05) is 11.6 Å². The highest BCUT2D eigenvalue weighted by Gasteiger charge is 2.35. The van der Waals surface area contributed by atoms with Gasteiger partial charge in [-0.25, -0.2) is 9.97 Å². The van der Waals surface area contributed by atoms with Crippen molar-refractivity contribution in [3.63, 3.8) is 0 Å². The van der Waals surface area contributed by atoms with Gasteiger partial charge in [0.25, 0.3) is 0 Å². The van der Waals surface area contributed by atoms with E-state index in [1.807, 2.05) is 6.92 Å². The summed E-state index contributed by atoms with van der Waals surface area (Å²) in [5.41, 5.74) is 0.564.